The molecule has 1 aliphatic rings. The van der Waals surface area contributed by atoms with E-state index in [1.165, 1.54) is 23.8 Å². The van der Waals surface area contributed by atoms with E-state index in [0.717, 1.165) is 25.0 Å². The number of hydrogen-bond acceptors (Lipinski definition) is 3. The Hall–Kier alpha value is -2.55. The molecule has 2 aromatic carbocycles. The standard InChI is InChI=1S/C22H24O3/c1-24-22(23)15-14-18-11-7-13-21-20(18)16-19(25-21)12-6-5-10-17-8-3-2-4-9-17/h2-5,7-11,13,19H,6,12,14-16H2,1H3/b10-5+/t19-/m1/s1. The van der Waals surface area contributed by atoms with E-state index in [2.05, 4.69) is 30.4 Å². The monoisotopic (exact) mass is 336 g/mol. The molecule has 0 bridgehead atoms. The van der Waals surface area contributed by atoms with Gasteiger partial charge in [0, 0.05) is 18.4 Å². The highest BCUT2D eigenvalue weighted by molar-refractivity contribution is 5.69. The molecule has 3 nitrogen and oxygen atoms in total. The normalized spacial score (nSPS) is 15.8. The summed E-state index contributed by atoms with van der Waals surface area (Å²) in [4.78, 5) is 11.4. The SMILES string of the molecule is COC(=O)CCc1cccc2c1C[C@@H](CC/C=C/c1ccccc1)O2. The van der Waals surface area contributed by atoms with Crippen molar-refractivity contribution in [3.8, 4) is 5.75 Å². The Morgan fingerprint density at radius 3 is 2.84 bits per heavy atom. The van der Waals surface area contributed by atoms with Crippen LogP contribution in [0.5, 0.6) is 5.75 Å². The molecule has 0 aromatic heterocycles. The molecule has 0 fully saturated rings. The molecule has 3 rings (SSSR count). The van der Waals surface area contributed by atoms with Gasteiger partial charge in [-0.1, -0.05) is 54.6 Å². The highest BCUT2D eigenvalue weighted by atomic mass is 16.5. The molecule has 0 aliphatic carbocycles. The molecule has 1 heterocycles. The molecule has 0 N–H and O–H groups in total. The Morgan fingerprint density at radius 1 is 1.20 bits per heavy atom. The number of allylic oxidation sites excluding steroid dienone is 1. The number of aryl methyl sites for hydroxylation is 1. The number of carbonyl (C=O) groups excluding carboxylic acids is 1. The van der Waals surface area contributed by atoms with Crippen LogP contribution in [-0.2, 0) is 22.4 Å². The zero-order valence-corrected chi connectivity index (χ0v) is 14.6. The molecule has 3 heteroatoms. The summed E-state index contributed by atoms with van der Waals surface area (Å²) in [5.41, 5.74) is 3.68. The van der Waals surface area contributed by atoms with E-state index in [-0.39, 0.29) is 12.1 Å². The van der Waals surface area contributed by atoms with Crippen LogP contribution in [-0.4, -0.2) is 19.2 Å². The van der Waals surface area contributed by atoms with Crippen LogP contribution in [0.3, 0.4) is 0 Å². The van der Waals surface area contributed by atoms with Crippen molar-refractivity contribution in [1.29, 1.82) is 0 Å². The van der Waals surface area contributed by atoms with Crippen molar-refractivity contribution in [2.45, 2.75) is 38.2 Å². The first kappa shape index (κ1) is 17.3. The van der Waals surface area contributed by atoms with E-state index >= 15 is 0 Å². The maximum absolute atomic E-state index is 11.4. The molecule has 0 saturated heterocycles. The zero-order chi connectivity index (χ0) is 17.5. The van der Waals surface area contributed by atoms with Gasteiger partial charge in [-0.25, -0.2) is 0 Å². The van der Waals surface area contributed by atoms with E-state index in [9.17, 15) is 4.79 Å². The third-order valence-corrected chi connectivity index (χ3v) is 4.55. The summed E-state index contributed by atoms with van der Waals surface area (Å²) >= 11 is 0. The average molecular weight is 336 g/mol. The fourth-order valence-corrected chi connectivity index (χ4v) is 3.20. The molecule has 25 heavy (non-hydrogen) atoms. The lowest BCUT2D eigenvalue weighted by Crippen LogP contribution is -2.12. The summed E-state index contributed by atoms with van der Waals surface area (Å²) in [6, 6.07) is 16.4. The molecule has 0 amide bonds. The van der Waals surface area contributed by atoms with E-state index in [4.69, 9.17) is 9.47 Å². The number of hydrogen-bond donors (Lipinski definition) is 0. The van der Waals surface area contributed by atoms with Crippen LogP contribution in [0.15, 0.2) is 54.6 Å². The van der Waals surface area contributed by atoms with E-state index in [0.29, 0.717) is 12.8 Å². The van der Waals surface area contributed by atoms with Crippen molar-refractivity contribution >= 4 is 12.0 Å². The maximum Gasteiger partial charge on any atom is 0.305 e. The fourth-order valence-electron chi connectivity index (χ4n) is 3.20. The number of methoxy groups -OCH3 is 1. The number of esters is 1. The highest BCUT2D eigenvalue weighted by Gasteiger charge is 2.24. The lowest BCUT2D eigenvalue weighted by atomic mass is 9.98. The second-order valence-corrected chi connectivity index (χ2v) is 6.30. The number of carbonyl (C=O) groups is 1. The molecule has 0 saturated carbocycles. The summed E-state index contributed by atoms with van der Waals surface area (Å²) in [6.07, 6.45) is 8.61. The van der Waals surface area contributed by atoms with E-state index < -0.39 is 0 Å². The second-order valence-electron chi connectivity index (χ2n) is 6.30. The lowest BCUT2D eigenvalue weighted by Gasteiger charge is -2.08. The van der Waals surface area contributed by atoms with Crippen molar-refractivity contribution in [2.75, 3.05) is 7.11 Å². The van der Waals surface area contributed by atoms with Crippen LogP contribution in [0, 0.1) is 0 Å². The number of benzene rings is 2. The molecular weight excluding hydrogens is 312 g/mol. The van der Waals surface area contributed by atoms with E-state index in [1.807, 2.05) is 30.3 Å². The summed E-state index contributed by atoms with van der Waals surface area (Å²) in [5.74, 6) is 0.804. The van der Waals surface area contributed by atoms with Crippen LogP contribution in [0.2, 0.25) is 0 Å². The first-order chi connectivity index (χ1) is 12.3. The Morgan fingerprint density at radius 2 is 2.04 bits per heavy atom. The van der Waals surface area contributed by atoms with Gasteiger partial charge in [0.05, 0.1) is 7.11 Å². The van der Waals surface area contributed by atoms with E-state index in [1.54, 1.807) is 0 Å². The third-order valence-electron chi connectivity index (χ3n) is 4.55. The summed E-state index contributed by atoms with van der Waals surface area (Å²) < 4.78 is 10.8. The topological polar surface area (TPSA) is 35.5 Å². The van der Waals surface area contributed by atoms with Crippen molar-refractivity contribution in [3.05, 3.63) is 71.3 Å². The Kier molecular flexibility index (Phi) is 5.89. The third kappa shape index (κ3) is 4.72. The Bertz CT molecular complexity index is 734. The Labute approximate surface area is 149 Å². The number of fused-ring (bicyclic) bond motifs is 1. The summed E-state index contributed by atoms with van der Waals surface area (Å²) in [5, 5.41) is 0. The quantitative estimate of drug-likeness (QED) is 0.694. The van der Waals surface area contributed by atoms with Gasteiger partial charge in [0.1, 0.15) is 11.9 Å². The van der Waals surface area contributed by atoms with Crippen LogP contribution >= 0.6 is 0 Å². The molecule has 1 aliphatic heterocycles. The van der Waals surface area contributed by atoms with Crippen molar-refractivity contribution < 1.29 is 14.3 Å². The van der Waals surface area contributed by atoms with Gasteiger partial charge in [-0.3, -0.25) is 4.79 Å². The molecule has 2 aromatic rings. The minimum atomic E-state index is -0.167. The van der Waals surface area contributed by atoms with Crippen LogP contribution in [0.1, 0.15) is 36.0 Å². The first-order valence-electron chi connectivity index (χ1n) is 8.82. The molecule has 130 valence electrons. The number of rotatable bonds is 7. The molecule has 1 atom stereocenters. The average Bonchev–Trinajstić information content (AvgIpc) is 3.07. The Balaban J connectivity index is 1.53. The van der Waals surface area contributed by atoms with Crippen molar-refractivity contribution in [3.63, 3.8) is 0 Å². The fraction of sp³-hybridized carbons (Fsp3) is 0.318. The van der Waals surface area contributed by atoms with Crippen LogP contribution in [0.4, 0.5) is 0 Å². The van der Waals surface area contributed by atoms with Crippen molar-refractivity contribution in [1.82, 2.24) is 0 Å². The van der Waals surface area contributed by atoms with Gasteiger partial charge in [-0.05, 0) is 36.5 Å². The minimum absolute atomic E-state index is 0.167. The molecular formula is C22H24O3. The zero-order valence-electron chi connectivity index (χ0n) is 14.6. The summed E-state index contributed by atoms with van der Waals surface area (Å²) in [6.45, 7) is 0. The summed E-state index contributed by atoms with van der Waals surface area (Å²) in [7, 11) is 1.43. The minimum Gasteiger partial charge on any atom is -0.490 e. The van der Waals surface area contributed by atoms with Gasteiger partial charge in [-0.15, -0.1) is 0 Å². The van der Waals surface area contributed by atoms with Gasteiger partial charge < -0.3 is 9.47 Å². The predicted octanol–water partition coefficient (Wildman–Crippen LogP) is 4.59. The smallest absolute Gasteiger partial charge is 0.305 e. The predicted molar refractivity (Wildman–Crippen MR) is 99.6 cm³/mol. The molecule has 0 radical (unpaired) electrons. The van der Waals surface area contributed by atoms with Gasteiger partial charge >= 0.3 is 5.97 Å². The van der Waals surface area contributed by atoms with Gasteiger partial charge in [0.15, 0.2) is 0 Å². The first-order valence-corrected chi connectivity index (χ1v) is 8.82. The van der Waals surface area contributed by atoms with Crippen LogP contribution in [0.25, 0.3) is 6.08 Å². The van der Waals surface area contributed by atoms with Crippen LogP contribution < -0.4 is 4.74 Å². The van der Waals surface area contributed by atoms with Gasteiger partial charge in [0.25, 0.3) is 0 Å². The largest absolute Gasteiger partial charge is 0.490 e. The van der Waals surface area contributed by atoms with Crippen molar-refractivity contribution in [2.24, 2.45) is 0 Å². The lowest BCUT2D eigenvalue weighted by molar-refractivity contribution is -0.140. The second kappa shape index (κ2) is 8.52. The maximum atomic E-state index is 11.4. The van der Waals surface area contributed by atoms with Gasteiger partial charge in [-0.2, -0.15) is 0 Å². The molecule has 0 unspecified atom stereocenters. The number of ether oxygens (including phenoxy) is 2. The molecule has 0 spiro atoms. The highest BCUT2D eigenvalue weighted by Crippen LogP contribution is 2.33. The van der Waals surface area contributed by atoms with Gasteiger partial charge in [0.2, 0.25) is 0 Å².